The molecule has 0 saturated heterocycles. The summed E-state index contributed by atoms with van der Waals surface area (Å²) in [6, 6.07) is 35.4. The zero-order valence-electron chi connectivity index (χ0n) is 35.9. The summed E-state index contributed by atoms with van der Waals surface area (Å²) in [5, 5.41) is 0.434. The molecule has 0 spiro atoms. The lowest BCUT2D eigenvalue weighted by atomic mass is 10.0. The van der Waals surface area contributed by atoms with Gasteiger partial charge in [0.15, 0.2) is 6.61 Å². The molecule has 0 aliphatic rings. The molecule has 348 valence electrons. The average molecular weight is 996 g/mol. The second-order valence-corrected chi connectivity index (χ2v) is 18.9. The van der Waals surface area contributed by atoms with E-state index in [-0.39, 0.29) is 24.2 Å². The first-order valence-electron chi connectivity index (χ1n) is 20.7. The molecule has 7 rings (SSSR count). The third-order valence-corrected chi connectivity index (χ3v) is 14.1. The van der Waals surface area contributed by atoms with Gasteiger partial charge in [0, 0.05) is 48.1 Å². The van der Waals surface area contributed by atoms with E-state index in [1.165, 1.54) is 23.8 Å². The maximum atomic E-state index is 13.8. The van der Waals surface area contributed by atoms with Crippen LogP contribution in [0.25, 0.3) is 21.8 Å². The monoisotopic (exact) mass is 994 g/mol. The van der Waals surface area contributed by atoms with Crippen molar-refractivity contribution in [1.29, 1.82) is 0 Å². The first-order valence-corrected chi connectivity index (χ1v) is 24.0. The number of furan rings is 1. The van der Waals surface area contributed by atoms with E-state index in [0.29, 0.717) is 27.8 Å². The molecule has 0 fully saturated rings. The van der Waals surface area contributed by atoms with Gasteiger partial charge in [-0.3, -0.25) is 4.79 Å². The van der Waals surface area contributed by atoms with Crippen molar-refractivity contribution in [3.05, 3.63) is 182 Å². The van der Waals surface area contributed by atoms with Gasteiger partial charge in [0.1, 0.15) is 23.9 Å². The average Bonchev–Trinajstić information content (AvgIpc) is 3.92. The SMILES string of the molecule is Cc1cc(OCc2cc(-c3ccc(Cl)cc3)oc2C(F)(F)F)ccc1CCC(=O)OC(=O)COc1ccc(SCc2sc(-c3ccc(C(F)(F)F)cc3)cc2CSCc2ccccc2)cc1C. The number of benzene rings is 5. The number of ether oxygens (including phenoxy) is 3. The van der Waals surface area contributed by atoms with E-state index in [9.17, 15) is 35.9 Å². The molecule has 0 aliphatic carbocycles. The van der Waals surface area contributed by atoms with Gasteiger partial charge in [0.05, 0.1) is 12.0 Å². The number of thiophene rings is 1. The van der Waals surface area contributed by atoms with E-state index in [2.05, 4.69) is 18.2 Å². The Balaban J connectivity index is 0.883. The van der Waals surface area contributed by atoms with Crippen molar-refractivity contribution in [2.45, 2.75) is 67.8 Å². The lowest BCUT2D eigenvalue weighted by Crippen LogP contribution is -2.19. The van der Waals surface area contributed by atoms with Gasteiger partial charge in [-0.15, -0.1) is 23.1 Å². The van der Waals surface area contributed by atoms with Crippen LogP contribution >= 0.6 is 46.5 Å². The van der Waals surface area contributed by atoms with Crippen LogP contribution < -0.4 is 9.47 Å². The Morgan fingerprint density at radius 1 is 0.687 bits per heavy atom. The number of thioether (sulfide) groups is 2. The van der Waals surface area contributed by atoms with Crippen LogP contribution in [0.5, 0.6) is 11.5 Å². The van der Waals surface area contributed by atoms with Crippen LogP contribution in [-0.2, 0) is 57.0 Å². The molecule has 0 saturated carbocycles. The molecule has 2 heterocycles. The van der Waals surface area contributed by atoms with Gasteiger partial charge in [0.2, 0.25) is 5.76 Å². The minimum Gasteiger partial charge on any atom is -0.489 e. The molecule has 0 aliphatic heterocycles. The third kappa shape index (κ3) is 13.7. The summed E-state index contributed by atoms with van der Waals surface area (Å²) in [6.07, 6.45) is -9.03. The van der Waals surface area contributed by atoms with E-state index in [1.54, 1.807) is 90.3 Å². The minimum absolute atomic E-state index is 0.0247. The lowest BCUT2D eigenvalue weighted by Gasteiger charge is -2.12. The van der Waals surface area contributed by atoms with E-state index in [0.717, 1.165) is 66.1 Å². The largest absolute Gasteiger partial charge is 0.489 e. The van der Waals surface area contributed by atoms with Crippen LogP contribution in [0.2, 0.25) is 5.02 Å². The van der Waals surface area contributed by atoms with Gasteiger partial charge in [-0.25, -0.2) is 4.79 Å². The zero-order valence-corrected chi connectivity index (χ0v) is 39.1. The molecule has 0 bridgehead atoms. The highest BCUT2D eigenvalue weighted by Crippen LogP contribution is 2.41. The van der Waals surface area contributed by atoms with Gasteiger partial charge in [-0.05, 0) is 133 Å². The summed E-state index contributed by atoms with van der Waals surface area (Å²) >= 11 is 10.9. The van der Waals surface area contributed by atoms with E-state index < -0.39 is 48.8 Å². The summed E-state index contributed by atoms with van der Waals surface area (Å²) in [7, 11) is 0. The minimum atomic E-state index is -4.74. The fraction of sp³-hybridized carbons (Fsp3) is 0.216. The maximum absolute atomic E-state index is 13.8. The fourth-order valence-corrected chi connectivity index (χ4v) is 10.4. The Hall–Kier alpha value is -5.61. The molecule has 0 unspecified atom stereocenters. The molecule has 0 radical (unpaired) electrons. The van der Waals surface area contributed by atoms with E-state index >= 15 is 0 Å². The quantitative estimate of drug-likeness (QED) is 0.0364. The number of aryl methyl sites for hydroxylation is 3. The van der Waals surface area contributed by atoms with Crippen molar-refractivity contribution < 1.29 is 54.6 Å². The Labute approximate surface area is 400 Å². The molecule has 2 aromatic heterocycles. The Morgan fingerprint density at radius 3 is 2.10 bits per heavy atom. The summed E-state index contributed by atoms with van der Waals surface area (Å²) in [6.45, 7) is 2.70. The Kier molecular flexibility index (Phi) is 16.2. The molecule has 16 heteroatoms. The summed E-state index contributed by atoms with van der Waals surface area (Å²) in [5.74, 6) is 0.192. The molecule has 0 N–H and O–H groups in total. The highest BCUT2D eigenvalue weighted by Gasteiger charge is 2.39. The Bertz CT molecular complexity index is 2800. The predicted molar refractivity (Wildman–Crippen MR) is 252 cm³/mol. The normalized spacial score (nSPS) is 11.7. The molecular formula is C51H41ClF6O6S3. The zero-order chi connectivity index (χ0) is 47.7. The van der Waals surface area contributed by atoms with Crippen molar-refractivity contribution in [2.24, 2.45) is 0 Å². The van der Waals surface area contributed by atoms with Crippen LogP contribution in [-0.4, -0.2) is 18.5 Å². The van der Waals surface area contributed by atoms with Crippen LogP contribution in [0.15, 0.2) is 137 Å². The predicted octanol–water partition coefficient (Wildman–Crippen LogP) is 15.4. The number of alkyl halides is 6. The van der Waals surface area contributed by atoms with Crippen molar-refractivity contribution in [2.75, 3.05) is 6.61 Å². The molecule has 67 heavy (non-hydrogen) atoms. The highest BCUT2D eigenvalue weighted by molar-refractivity contribution is 7.98. The fourth-order valence-electron chi connectivity index (χ4n) is 6.87. The standard InChI is InChI=1S/C51H41ClF6O6S3/c1-31-22-41(61-26-37-24-44(63-49(37)51(56,57)58)35-10-16-40(52)17-11-35)18-12-34(31)13-21-47(59)64-48(60)27-62-43-20-19-42(23-32(43)2)66-30-46-38(29-65-28-33-6-4-3-5-7-33)25-45(67-46)36-8-14-39(15-9-36)50(53,54)55/h3-12,14-20,22-25H,13,21,26-30H2,1-2H3. The maximum Gasteiger partial charge on any atom is 0.449 e. The smallest absolute Gasteiger partial charge is 0.449 e. The van der Waals surface area contributed by atoms with Crippen molar-refractivity contribution in [1.82, 2.24) is 0 Å². The number of rotatable bonds is 18. The number of carbonyl (C=O) groups is 2. The Morgan fingerprint density at radius 2 is 1.42 bits per heavy atom. The van der Waals surface area contributed by atoms with E-state index in [1.807, 2.05) is 37.3 Å². The second-order valence-electron chi connectivity index (χ2n) is 15.3. The molecule has 0 amide bonds. The van der Waals surface area contributed by atoms with Gasteiger partial charge in [-0.2, -0.15) is 38.1 Å². The first kappa shape index (κ1) is 49.3. The summed E-state index contributed by atoms with van der Waals surface area (Å²) in [5.41, 5.74) is 4.84. The number of carbonyl (C=O) groups excluding carboxylic acids is 2. The molecule has 6 nitrogen and oxygen atoms in total. The van der Waals surface area contributed by atoms with Gasteiger partial charge in [-0.1, -0.05) is 60.1 Å². The third-order valence-electron chi connectivity index (χ3n) is 10.4. The van der Waals surface area contributed by atoms with Crippen LogP contribution in [0.3, 0.4) is 0 Å². The van der Waals surface area contributed by atoms with Crippen LogP contribution in [0.1, 0.15) is 56.0 Å². The van der Waals surface area contributed by atoms with Gasteiger partial charge >= 0.3 is 24.3 Å². The second kappa shape index (κ2) is 22.0. The molecular weight excluding hydrogens is 954 g/mol. The molecule has 5 aromatic carbocycles. The van der Waals surface area contributed by atoms with E-state index in [4.69, 9.17) is 30.2 Å². The number of halogens is 7. The van der Waals surface area contributed by atoms with Crippen molar-refractivity contribution >= 4 is 58.4 Å². The number of esters is 2. The van der Waals surface area contributed by atoms with Crippen molar-refractivity contribution in [3.8, 4) is 33.3 Å². The van der Waals surface area contributed by atoms with Crippen molar-refractivity contribution in [3.63, 3.8) is 0 Å². The number of hydrogen-bond donors (Lipinski definition) is 0. The summed E-state index contributed by atoms with van der Waals surface area (Å²) < 4.78 is 103. The molecule has 0 atom stereocenters. The first-order chi connectivity index (χ1) is 32.0. The van der Waals surface area contributed by atoms with Crippen LogP contribution in [0, 0.1) is 13.8 Å². The molecule has 7 aromatic rings. The summed E-state index contributed by atoms with van der Waals surface area (Å²) in [4.78, 5) is 28.2. The highest BCUT2D eigenvalue weighted by atomic mass is 35.5. The van der Waals surface area contributed by atoms with Gasteiger partial charge in [0.25, 0.3) is 0 Å². The topological polar surface area (TPSA) is 75.0 Å². The number of hydrogen-bond acceptors (Lipinski definition) is 9. The van der Waals surface area contributed by atoms with Gasteiger partial charge < -0.3 is 18.6 Å². The lowest BCUT2D eigenvalue weighted by molar-refractivity contribution is -0.161. The van der Waals surface area contributed by atoms with Crippen LogP contribution in [0.4, 0.5) is 26.3 Å².